The molecular formula is C14H20FN. The van der Waals surface area contributed by atoms with Crippen LogP contribution in [-0.2, 0) is 0 Å². The van der Waals surface area contributed by atoms with Gasteiger partial charge in [-0.3, -0.25) is 0 Å². The number of hydrogen-bond acceptors (Lipinski definition) is 1. The number of hydrogen-bond donors (Lipinski definition) is 1. The van der Waals surface area contributed by atoms with Gasteiger partial charge in [-0.05, 0) is 50.1 Å². The van der Waals surface area contributed by atoms with Crippen molar-refractivity contribution in [2.24, 2.45) is 0 Å². The second kappa shape index (κ2) is 6.44. The van der Waals surface area contributed by atoms with Gasteiger partial charge in [0.25, 0.3) is 0 Å². The van der Waals surface area contributed by atoms with Gasteiger partial charge in [-0.25, -0.2) is 4.39 Å². The van der Waals surface area contributed by atoms with Gasteiger partial charge in [0, 0.05) is 6.04 Å². The van der Waals surface area contributed by atoms with E-state index in [1.165, 1.54) is 6.07 Å². The molecular weight excluding hydrogens is 201 g/mol. The average molecular weight is 221 g/mol. The molecule has 0 aliphatic rings. The molecule has 0 aliphatic carbocycles. The Hall–Kier alpha value is -1.15. The molecule has 1 rings (SSSR count). The molecule has 0 spiro atoms. The van der Waals surface area contributed by atoms with E-state index in [-0.39, 0.29) is 5.82 Å². The maximum atomic E-state index is 13.0. The Balaban J connectivity index is 2.58. The van der Waals surface area contributed by atoms with Gasteiger partial charge in [-0.2, -0.15) is 0 Å². The first-order chi connectivity index (χ1) is 7.63. The van der Waals surface area contributed by atoms with Crippen molar-refractivity contribution in [3.8, 4) is 0 Å². The molecule has 16 heavy (non-hydrogen) atoms. The molecule has 0 saturated carbocycles. The highest BCUT2D eigenvalue weighted by Crippen LogP contribution is 2.10. The fourth-order valence-corrected chi connectivity index (χ4v) is 1.47. The molecule has 1 unspecified atom stereocenters. The summed E-state index contributed by atoms with van der Waals surface area (Å²) in [5.74, 6) is -0.144. The molecule has 0 radical (unpaired) electrons. The first-order valence-electron chi connectivity index (χ1n) is 5.81. The molecule has 0 aliphatic heterocycles. The third-order valence-corrected chi connectivity index (χ3v) is 2.48. The first kappa shape index (κ1) is 12.9. The molecule has 0 heterocycles. The third-order valence-electron chi connectivity index (χ3n) is 2.48. The Labute approximate surface area is 97.4 Å². The van der Waals surface area contributed by atoms with E-state index >= 15 is 0 Å². The number of halogens is 1. The molecule has 0 aromatic heterocycles. The smallest absolute Gasteiger partial charge is 0.126 e. The second-order valence-electron chi connectivity index (χ2n) is 4.11. The Morgan fingerprint density at radius 3 is 2.81 bits per heavy atom. The molecule has 1 aromatic carbocycles. The van der Waals surface area contributed by atoms with Crippen LogP contribution < -0.4 is 5.32 Å². The predicted octanol–water partition coefficient (Wildman–Crippen LogP) is 3.54. The van der Waals surface area contributed by atoms with Gasteiger partial charge in [0.1, 0.15) is 5.82 Å². The van der Waals surface area contributed by atoms with Gasteiger partial charge in [-0.1, -0.05) is 25.1 Å². The van der Waals surface area contributed by atoms with Crippen LogP contribution in [0.3, 0.4) is 0 Å². The summed E-state index contributed by atoms with van der Waals surface area (Å²) in [7, 11) is 0. The van der Waals surface area contributed by atoms with E-state index in [1.54, 1.807) is 13.0 Å². The molecule has 1 N–H and O–H groups in total. The van der Waals surface area contributed by atoms with Crippen LogP contribution in [0, 0.1) is 12.7 Å². The zero-order chi connectivity index (χ0) is 12.0. The van der Waals surface area contributed by atoms with E-state index in [2.05, 4.69) is 25.2 Å². The minimum Gasteiger partial charge on any atom is -0.311 e. The summed E-state index contributed by atoms with van der Waals surface area (Å²) in [4.78, 5) is 0. The van der Waals surface area contributed by atoms with Crippen LogP contribution in [-0.4, -0.2) is 12.6 Å². The molecule has 0 saturated heterocycles. The van der Waals surface area contributed by atoms with E-state index in [1.807, 2.05) is 12.1 Å². The zero-order valence-corrected chi connectivity index (χ0v) is 10.3. The van der Waals surface area contributed by atoms with Crippen LogP contribution in [0.4, 0.5) is 4.39 Å². The van der Waals surface area contributed by atoms with Gasteiger partial charge in [0.2, 0.25) is 0 Å². The number of aryl methyl sites for hydroxylation is 1. The lowest BCUT2D eigenvalue weighted by Gasteiger charge is -2.07. The fraction of sp³-hybridized carbons (Fsp3) is 0.429. The highest BCUT2D eigenvalue weighted by Gasteiger charge is 1.97. The second-order valence-corrected chi connectivity index (χ2v) is 4.11. The van der Waals surface area contributed by atoms with Crippen molar-refractivity contribution in [2.45, 2.75) is 33.2 Å². The minimum atomic E-state index is -0.144. The highest BCUT2D eigenvalue weighted by molar-refractivity contribution is 5.51. The predicted molar refractivity (Wildman–Crippen MR) is 67.9 cm³/mol. The summed E-state index contributed by atoms with van der Waals surface area (Å²) in [6.45, 7) is 7.06. The topological polar surface area (TPSA) is 12.0 Å². The van der Waals surface area contributed by atoms with E-state index in [9.17, 15) is 4.39 Å². The van der Waals surface area contributed by atoms with Crippen molar-refractivity contribution in [3.63, 3.8) is 0 Å². The third kappa shape index (κ3) is 4.15. The van der Waals surface area contributed by atoms with Crippen LogP contribution >= 0.6 is 0 Å². The van der Waals surface area contributed by atoms with Crippen molar-refractivity contribution >= 4 is 6.08 Å². The van der Waals surface area contributed by atoms with E-state index in [0.717, 1.165) is 18.5 Å². The van der Waals surface area contributed by atoms with E-state index < -0.39 is 0 Å². The summed E-state index contributed by atoms with van der Waals surface area (Å²) in [5.41, 5.74) is 1.74. The molecule has 0 fully saturated rings. The van der Waals surface area contributed by atoms with Gasteiger partial charge in [0.15, 0.2) is 0 Å². The van der Waals surface area contributed by atoms with Crippen molar-refractivity contribution in [3.05, 3.63) is 41.2 Å². The first-order valence-corrected chi connectivity index (χ1v) is 5.81. The van der Waals surface area contributed by atoms with Crippen LogP contribution in [0.15, 0.2) is 24.3 Å². The van der Waals surface area contributed by atoms with Crippen molar-refractivity contribution in [1.29, 1.82) is 0 Å². The molecule has 1 atom stereocenters. The van der Waals surface area contributed by atoms with Gasteiger partial charge in [0.05, 0.1) is 0 Å². The van der Waals surface area contributed by atoms with Crippen LogP contribution in [0.2, 0.25) is 0 Å². The SMILES string of the molecule is CCCNC(C)/C=C/c1ccc(F)c(C)c1. The maximum absolute atomic E-state index is 13.0. The largest absolute Gasteiger partial charge is 0.311 e. The van der Waals surface area contributed by atoms with Crippen molar-refractivity contribution < 1.29 is 4.39 Å². The zero-order valence-electron chi connectivity index (χ0n) is 10.3. The molecule has 1 aromatic rings. The summed E-state index contributed by atoms with van der Waals surface area (Å²) in [5, 5.41) is 3.37. The minimum absolute atomic E-state index is 0.144. The van der Waals surface area contributed by atoms with Crippen LogP contribution in [0.25, 0.3) is 6.08 Å². The lowest BCUT2D eigenvalue weighted by Crippen LogP contribution is -2.24. The van der Waals surface area contributed by atoms with E-state index in [0.29, 0.717) is 11.6 Å². The molecule has 0 amide bonds. The molecule has 2 heteroatoms. The van der Waals surface area contributed by atoms with Gasteiger partial charge in [-0.15, -0.1) is 0 Å². The van der Waals surface area contributed by atoms with Crippen molar-refractivity contribution in [1.82, 2.24) is 5.32 Å². The fourth-order valence-electron chi connectivity index (χ4n) is 1.47. The lowest BCUT2D eigenvalue weighted by molar-refractivity contribution is 0.618. The maximum Gasteiger partial charge on any atom is 0.126 e. The van der Waals surface area contributed by atoms with Crippen molar-refractivity contribution in [2.75, 3.05) is 6.54 Å². The summed E-state index contributed by atoms with van der Waals surface area (Å²) in [6, 6.07) is 5.52. The summed E-state index contributed by atoms with van der Waals surface area (Å²) >= 11 is 0. The van der Waals surface area contributed by atoms with Gasteiger partial charge >= 0.3 is 0 Å². The summed E-state index contributed by atoms with van der Waals surface area (Å²) < 4.78 is 13.0. The Morgan fingerprint density at radius 1 is 1.44 bits per heavy atom. The normalized spacial score (nSPS) is 13.2. The molecule has 88 valence electrons. The number of rotatable bonds is 5. The van der Waals surface area contributed by atoms with Crippen LogP contribution in [0.5, 0.6) is 0 Å². The standard InChI is InChI=1S/C14H20FN/c1-4-9-16-12(3)5-6-13-7-8-14(15)11(2)10-13/h5-8,10,12,16H,4,9H2,1-3H3/b6-5+. The Morgan fingerprint density at radius 2 is 2.19 bits per heavy atom. The Bertz CT molecular complexity index is 358. The van der Waals surface area contributed by atoms with Crippen LogP contribution in [0.1, 0.15) is 31.4 Å². The average Bonchev–Trinajstić information content (AvgIpc) is 2.28. The number of benzene rings is 1. The number of nitrogens with one attached hydrogen (secondary N) is 1. The van der Waals surface area contributed by atoms with Gasteiger partial charge < -0.3 is 5.32 Å². The monoisotopic (exact) mass is 221 g/mol. The van der Waals surface area contributed by atoms with E-state index in [4.69, 9.17) is 0 Å². The molecule has 1 nitrogen and oxygen atoms in total. The Kier molecular flexibility index (Phi) is 5.20. The highest BCUT2D eigenvalue weighted by atomic mass is 19.1. The molecule has 0 bridgehead atoms. The summed E-state index contributed by atoms with van der Waals surface area (Å²) in [6.07, 6.45) is 5.26. The lowest BCUT2D eigenvalue weighted by atomic mass is 10.1. The quantitative estimate of drug-likeness (QED) is 0.802.